The molecule has 1 unspecified atom stereocenters. The Bertz CT molecular complexity index is 157. The molecule has 0 saturated heterocycles. The van der Waals surface area contributed by atoms with E-state index >= 15 is 0 Å². The second kappa shape index (κ2) is 3.17. The van der Waals surface area contributed by atoms with E-state index in [9.17, 15) is 4.79 Å². The van der Waals surface area contributed by atoms with Gasteiger partial charge < -0.3 is 4.74 Å². The Morgan fingerprint density at radius 2 is 2.80 bits per heavy atom. The summed E-state index contributed by atoms with van der Waals surface area (Å²) in [4.78, 5) is 19.0. The van der Waals surface area contributed by atoms with E-state index < -0.39 is 12.2 Å². The van der Waals surface area contributed by atoms with Crippen LogP contribution in [0.4, 0.5) is 0 Å². The molecule has 1 aliphatic rings. The number of hydroxylamine groups is 1. The fourth-order valence-corrected chi connectivity index (χ4v) is 0.546. The van der Waals surface area contributed by atoms with Crippen molar-refractivity contribution in [1.29, 1.82) is 0 Å². The van der Waals surface area contributed by atoms with Crippen LogP contribution in [0.1, 0.15) is 6.92 Å². The van der Waals surface area contributed by atoms with E-state index in [0.29, 0.717) is 6.61 Å². The standard InChI is InChI=1S/C5H8N2O3/c1-2-9-5(8)4-6-3-7-10-4/h3-4H,2H2,1H3,(H,6,7). The highest BCUT2D eigenvalue weighted by Gasteiger charge is 2.21. The lowest BCUT2D eigenvalue weighted by molar-refractivity contribution is -0.156. The van der Waals surface area contributed by atoms with Crippen LogP contribution >= 0.6 is 0 Å². The van der Waals surface area contributed by atoms with Gasteiger partial charge in [0.1, 0.15) is 6.34 Å². The highest BCUT2D eigenvalue weighted by atomic mass is 16.7. The van der Waals surface area contributed by atoms with Gasteiger partial charge in [0.25, 0.3) is 6.23 Å². The van der Waals surface area contributed by atoms with Crippen molar-refractivity contribution in [3.05, 3.63) is 0 Å². The van der Waals surface area contributed by atoms with Crippen LogP contribution in [0.15, 0.2) is 4.99 Å². The van der Waals surface area contributed by atoms with Gasteiger partial charge in [-0.3, -0.25) is 5.48 Å². The Balaban J connectivity index is 2.33. The summed E-state index contributed by atoms with van der Waals surface area (Å²) in [6.07, 6.45) is 0.488. The Morgan fingerprint density at radius 3 is 3.30 bits per heavy atom. The molecule has 0 fully saturated rings. The summed E-state index contributed by atoms with van der Waals surface area (Å²) in [5, 5.41) is 0. The summed E-state index contributed by atoms with van der Waals surface area (Å²) in [7, 11) is 0. The molecular formula is C5H8N2O3. The molecule has 5 heteroatoms. The van der Waals surface area contributed by atoms with Crippen molar-refractivity contribution in [2.24, 2.45) is 4.99 Å². The van der Waals surface area contributed by atoms with Crippen molar-refractivity contribution in [3.63, 3.8) is 0 Å². The predicted molar refractivity (Wildman–Crippen MR) is 33.1 cm³/mol. The Morgan fingerprint density at radius 1 is 2.00 bits per heavy atom. The maximum atomic E-state index is 10.7. The van der Waals surface area contributed by atoms with Gasteiger partial charge in [0.2, 0.25) is 0 Å². The van der Waals surface area contributed by atoms with Gasteiger partial charge in [-0.25, -0.2) is 14.6 Å². The van der Waals surface area contributed by atoms with Gasteiger partial charge in [0.05, 0.1) is 6.61 Å². The molecule has 1 rings (SSSR count). The molecule has 0 bridgehead atoms. The summed E-state index contributed by atoms with van der Waals surface area (Å²) in [5.41, 5.74) is 2.32. The largest absolute Gasteiger partial charge is 0.463 e. The predicted octanol–water partition coefficient (Wildman–Crippen LogP) is -0.561. The normalized spacial score (nSPS) is 22.3. The van der Waals surface area contributed by atoms with Crippen molar-refractivity contribution in [2.45, 2.75) is 13.2 Å². The number of nitrogens with zero attached hydrogens (tertiary/aromatic N) is 1. The summed E-state index contributed by atoms with van der Waals surface area (Å²) < 4.78 is 4.61. The Hall–Kier alpha value is -1.10. The van der Waals surface area contributed by atoms with Crippen molar-refractivity contribution in [1.82, 2.24) is 5.48 Å². The van der Waals surface area contributed by atoms with E-state index in [0.717, 1.165) is 0 Å². The van der Waals surface area contributed by atoms with E-state index in [1.807, 2.05) is 0 Å². The molecule has 0 amide bonds. The zero-order chi connectivity index (χ0) is 7.40. The number of carbonyl (C=O) groups excluding carboxylic acids is 1. The molecule has 0 aromatic rings. The average molecular weight is 144 g/mol. The van der Waals surface area contributed by atoms with Gasteiger partial charge in [0, 0.05) is 0 Å². The number of carbonyl (C=O) groups is 1. The first-order valence-corrected chi connectivity index (χ1v) is 2.94. The third kappa shape index (κ3) is 1.44. The molecule has 0 aliphatic carbocycles. The lowest BCUT2D eigenvalue weighted by Crippen LogP contribution is -2.24. The smallest absolute Gasteiger partial charge is 0.360 e. The first-order valence-electron chi connectivity index (χ1n) is 2.94. The molecule has 10 heavy (non-hydrogen) atoms. The first-order chi connectivity index (χ1) is 4.84. The molecule has 0 radical (unpaired) electrons. The first kappa shape index (κ1) is 7.01. The summed E-state index contributed by atoms with van der Waals surface area (Å²) in [6, 6.07) is 0. The second-order valence-corrected chi connectivity index (χ2v) is 1.62. The van der Waals surface area contributed by atoms with Gasteiger partial charge in [-0.05, 0) is 6.92 Å². The average Bonchev–Trinajstić information content (AvgIpc) is 2.38. The fourth-order valence-electron chi connectivity index (χ4n) is 0.546. The minimum atomic E-state index is -0.819. The van der Waals surface area contributed by atoms with Gasteiger partial charge in [-0.2, -0.15) is 0 Å². The number of aliphatic imine (C=N–C) groups is 1. The van der Waals surface area contributed by atoms with Crippen molar-refractivity contribution >= 4 is 12.3 Å². The molecular weight excluding hydrogens is 136 g/mol. The Kier molecular flexibility index (Phi) is 2.22. The van der Waals surface area contributed by atoms with Crippen LogP contribution in [0.5, 0.6) is 0 Å². The van der Waals surface area contributed by atoms with Crippen molar-refractivity contribution < 1.29 is 14.4 Å². The second-order valence-electron chi connectivity index (χ2n) is 1.62. The minimum Gasteiger partial charge on any atom is -0.463 e. The lowest BCUT2D eigenvalue weighted by Gasteiger charge is -2.03. The van der Waals surface area contributed by atoms with E-state index in [1.54, 1.807) is 6.92 Å². The highest BCUT2D eigenvalue weighted by molar-refractivity contribution is 5.77. The lowest BCUT2D eigenvalue weighted by atomic mass is 10.6. The minimum absolute atomic E-state index is 0.341. The maximum Gasteiger partial charge on any atom is 0.360 e. The summed E-state index contributed by atoms with van der Waals surface area (Å²) >= 11 is 0. The number of hydrogen-bond acceptors (Lipinski definition) is 5. The van der Waals surface area contributed by atoms with Crippen LogP contribution in [0.25, 0.3) is 0 Å². The van der Waals surface area contributed by atoms with Crippen LogP contribution < -0.4 is 5.48 Å². The van der Waals surface area contributed by atoms with Crippen LogP contribution in [0, 0.1) is 0 Å². The maximum absolute atomic E-state index is 10.7. The number of rotatable bonds is 2. The molecule has 0 spiro atoms. The van der Waals surface area contributed by atoms with Gasteiger partial charge in [-0.15, -0.1) is 0 Å². The number of nitrogens with one attached hydrogen (secondary N) is 1. The number of esters is 1. The molecule has 0 saturated carbocycles. The molecule has 5 nitrogen and oxygen atoms in total. The number of ether oxygens (including phenoxy) is 1. The third-order valence-electron chi connectivity index (χ3n) is 0.931. The molecule has 1 aliphatic heterocycles. The van der Waals surface area contributed by atoms with Crippen LogP contribution in [-0.2, 0) is 14.4 Å². The Labute approximate surface area is 58.0 Å². The quantitative estimate of drug-likeness (QED) is 0.528. The van der Waals surface area contributed by atoms with E-state index in [2.05, 4.69) is 20.0 Å². The van der Waals surface area contributed by atoms with Gasteiger partial charge in [0.15, 0.2) is 0 Å². The molecule has 56 valence electrons. The van der Waals surface area contributed by atoms with Crippen molar-refractivity contribution in [2.75, 3.05) is 6.61 Å². The van der Waals surface area contributed by atoms with Crippen LogP contribution in [0.2, 0.25) is 0 Å². The molecule has 1 atom stereocenters. The molecule has 1 N–H and O–H groups in total. The topological polar surface area (TPSA) is 59.9 Å². The van der Waals surface area contributed by atoms with Gasteiger partial charge >= 0.3 is 5.97 Å². The third-order valence-corrected chi connectivity index (χ3v) is 0.931. The summed E-state index contributed by atoms with van der Waals surface area (Å²) in [6.45, 7) is 2.07. The van der Waals surface area contributed by atoms with Crippen molar-refractivity contribution in [3.8, 4) is 0 Å². The van der Waals surface area contributed by atoms with E-state index in [4.69, 9.17) is 0 Å². The molecule has 1 heterocycles. The summed E-state index contributed by atoms with van der Waals surface area (Å²) in [5.74, 6) is -0.469. The monoisotopic (exact) mass is 144 g/mol. The van der Waals surface area contributed by atoms with E-state index in [1.165, 1.54) is 6.34 Å². The number of hydrogen-bond donors (Lipinski definition) is 1. The van der Waals surface area contributed by atoms with E-state index in [-0.39, 0.29) is 0 Å². The highest BCUT2D eigenvalue weighted by Crippen LogP contribution is 1.98. The van der Waals surface area contributed by atoms with Crippen LogP contribution in [0.3, 0.4) is 0 Å². The SMILES string of the molecule is CCOC(=O)C1N=CNO1. The molecule has 0 aromatic heterocycles. The fraction of sp³-hybridized carbons (Fsp3) is 0.600. The molecule has 0 aromatic carbocycles. The zero-order valence-electron chi connectivity index (χ0n) is 5.53. The zero-order valence-corrected chi connectivity index (χ0v) is 5.53. The van der Waals surface area contributed by atoms with Crippen LogP contribution in [-0.4, -0.2) is 25.1 Å². The van der Waals surface area contributed by atoms with Gasteiger partial charge in [-0.1, -0.05) is 0 Å².